The van der Waals surface area contributed by atoms with Crippen molar-refractivity contribution in [1.82, 2.24) is 4.98 Å². The van der Waals surface area contributed by atoms with Crippen LogP contribution in [-0.2, 0) is 20.7 Å². The number of amides is 1. The Bertz CT molecular complexity index is 937. The summed E-state index contributed by atoms with van der Waals surface area (Å²) in [5, 5.41) is 4.29. The molecule has 0 spiro atoms. The van der Waals surface area contributed by atoms with Gasteiger partial charge < -0.3 is 10.1 Å². The summed E-state index contributed by atoms with van der Waals surface area (Å²) < 4.78 is 6.28. The standard InChI is InChI=1S/C19H16Cl2N2O3S/c1-11(19(25)22-14-9-12(20)8-13(21)10-14)26-18(24)7-6-17-23-15-4-2-3-5-16(15)27-17/h2-5,8-11H,6-7H2,1H3,(H,22,25)/t11-/m1/s1. The van der Waals surface area contributed by atoms with E-state index in [0.717, 1.165) is 15.2 Å². The molecule has 27 heavy (non-hydrogen) atoms. The Hall–Kier alpha value is -2.15. The molecule has 3 aromatic rings. The molecule has 1 heterocycles. The molecule has 2 aromatic carbocycles. The normalized spacial score (nSPS) is 12.0. The second-order valence-electron chi connectivity index (χ2n) is 5.85. The van der Waals surface area contributed by atoms with Gasteiger partial charge in [0, 0.05) is 22.2 Å². The zero-order valence-electron chi connectivity index (χ0n) is 14.4. The van der Waals surface area contributed by atoms with Crippen molar-refractivity contribution in [2.75, 3.05) is 5.32 Å². The first-order chi connectivity index (χ1) is 12.9. The zero-order chi connectivity index (χ0) is 19.4. The summed E-state index contributed by atoms with van der Waals surface area (Å²) in [4.78, 5) is 28.7. The molecule has 1 atom stereocenters. The lowest BCUT2D eigenvalue weighted by Gasteiger charge is -2.13. The Kier molecular flexibility index (Phi) is 6.31. The van der Waals surface area contributed by atoms with Gasteiger partial charge in [0.05, 0.1) is 21.6 Å². The number of ether oxygens (including phenoxy) is 1. The van der Waals surface area contributed by atoms with E-state index in [-0.39, 0.29) is 6.42 Å². The van der Waals surface area contributed by atoms with Gasteiger partial charge in [0.15, 0.2) is 6.10 Å². The van der Waals surface area contributed by atoms with Crippen LogP contribution in [0.2, 0.25) is 10.0 Å². The van der Waals surface area contributed by atoms with E-state index in [2.05, 4.69) is 10.3 Å². The maximum absolute atomic E-state index is 12.2. The van der Waals surface area contributed by atoms with E-state index in [9.17, 15) is 9.59 Å². The molecule has 8 heteroatoms. The molecule has 0 radical (unpaired) electrons. The highest BCUT2D eigenvalue weighted by atomic mass is 35.5. The molecule has 0 aliphatic carbocycles. The molecule has 0 aliphatic rings. The third-order valence-corrected chi connectivity index (χ3v) is 5.22. The Balaban J connectivity index is 1.51. The Morgan fingerprint density at radius 2 is 1.89 bits per heavy atom. The minimum Gasteiger partial charge on any atom is -0.453 e. The van der Waals surface area contributed by atoms with Crippen LogP contribution in [0.1, 0.15) is 18.4 Å². The molecule has 1 amide bonds. The summed E-state index contributed by atoms with van der Waals surface area (Å²) in [5.41, 5.74) is 1.36. The highest BCUT2D eigenvalue weighted by Gasteiger charge is 2.18. The number of carbonyl (C=O) groups is 2. The number of thiazole rings is 1. The van der Waals surface area contributed by atoms with Crippen LogP contribution in [0.15, 0.2) is 42.5 Å². The fraction of sp³-hybridized carbons (Fsp3) is 0.211. The van der Waals surface area contributed by atoms with Gasteiger partial charge in [0.2, 0.25) is 0 Å². The van der Waals surface area contributed by atoms with Crippen LogP contribution in [0, 0.1) is 0 Å². The van der Waals surface area contributed by atoms with Crippen LogP contribution in [0.4, 0.5) is 5.69 Å². The maximum atomic E-state index is 12.2. The minimum atomic E-state index is -0.939. The smallest absolute Gasteiger partial charge is 0.306 e. The molecule has 0 fully saturated rings. The first kappa shape index (κ1) is 19.6. The zero-order valence-corrected chi connectivity index (χ0v) is 16.7. The first-order valence-electron chi connectivity index (χ1n) is 8.21. The van der Waals surface area contributed by atoms with E-state index >= 15 is 0 Å². The summed E-state index contributed by atoms with van der Waals surface area (Å²) in [7, 11) is 0. The highest BCUT2D eigenvalue weighted by Crippen LogP contribution is 2.23. The predicted octanol–water partition coefficient (Wildman–Crippen LogP) is 5.11. The van der Waals surface area contributed by atoms with Gasteiger partial charge in [-0.25, -0.2) is 4.98 Å². The molecule has 1 aromatic heterocycles. The number of anilines is 1. The molecule has 0 unspecified atom stereocenters. The number of benzene rings is 2. The lowest BCUT2D eigenvalue weighted by molar-refractivity contribution is -0.153. The average Bonchev–Trinajstić information content (AvgIpc) is 3.02. The van der Waals surface area contributed by atoms with Crippen molar-refractivity contribution in [3.63, 3.8) is 0 Å². The molecule has 0 saturated heterocycles. The van der Waals surface area contributed by atoms with Crippen molar-refractivity contribution >= 4 is 62.3 Å². The number of para-hydroxylation sites is 1. The lowest BCUT2D eigenvalue weighted by atomic mass is 10.3. The van der Waals surface area contributed by atoms with E-state index < -0.39 is 18.0 Å². The SMILES string of the molecule is C[C@@H](OC(=O)CCc1nc2ccccc2s1)C(=O)Nc1cc(Cl)cc(Cl)c1. The molecule has 5 nitrogen and oxygen atoms in total. The molecule has 0 bridgehead atoms. The Labute approximate surface area is 170 Å². The number of hydrogen-bond donors (Lipinski definition) is 1. The summed E-state index contributed by atoms with van der Waals surface area (Å²) in [5.74, 6) is -0.914. The second-order valence-corrected chi connectivity index (χ2v) is 7.84. The fourth-order valence-corrected chi connectivity index (χ4v) is 3.91. The van der Waals surface area contributed by atoms with Gasteiger partial charge in [-0.2, -0.15) is 0 Å². The molecule has 3 rings (SSSR count). The quantitative estimate of drug-likeness (QED) is 0.560. The summed E-state index contributed by atoms with van der Waals surface area (Å²) >= 11 is 13.3. The molecule has 140 valence electrons. The van der Waals surface area contributed by atoms with Gasteiger partial charge in [-0.1, -0.05) is 35.3 Å². The molecular weight excluding hydrogens is 407 g/mol. The summed E-state index contributed by atoms with van der Waals surface area (Å²) in [6.45, 7) is 1.51. The fourth-order valence-electron chi connectivity index (χ4n) is 2.42. The van der Waals surface area contributed by atoms with Gasteiger partial charge in [-0.3, -0.25) is 9.59 Å². The molecule has 0 saturated carbocycles. The van der Waals surface area contributed by atoms with Crippen molar-refractivity contribution < 1.29 is 14.3 Å². The van der Waals surface area contributed by atoms with Gasteiger partial charge in [-0.05, 0) is 37.3 Å². The number of nitrogens with zero attached hydrogens (tertiary/aromatic N) is 1. The van der Waals surface area contributed by atoms with Crippen molar-refractivity contribution in [2.24, 2.45) is 0 Å². The van der Waals surface area contributed by atoms with E-state index in [1.807, 2.05) is 24.3 Å². The molecule has 1 N–H and O–H groups in total. The predicted molar refractivity (Wildman–Crippen MR) is 109 cm³/mol. The number of aryl methyl sites for hydroxylation is 1. The average molecular weight is 423 g/mol. The molecule has 0 aliphatic heterocycles. The summed E-state index contributed by atoms with van der Waals surface area (Å²) in [6, 6.07) is 12.5. The highest BCUT2D eigenvalue weighted by molar-refractivity contribution is 7.18. The number of esters is 1. The van der Waals surface area contributed by atoms with Gasteiger partial charge in [-0.15, -0.1) is 11.3 Å². The van der Waals surface area contributed by atoms with Crippen LogP contribution in [0.3, 0.4) is 0 Å². The van der Waals surface area contributed by atoms with Crippen molar-refractivity contribution in [3.8, 4) is 0 Å². The van der Waals surface area contributed by atoms with Crippen LogP contribution < -0.4 is 5.32 Å². The van der Waals surface area contributed by atoms with Crippen molar-refractivity contribution in [3.05, 3.63) is 57.5 Å². The van der Waals surface area contributed by atoms with Crippen LogP contribution in [0.25, 0.3) is 10.2 Å². The number of halogens is 2. The van der Waals surface area contributed by atoms with Crippen LogP contribution in [0.5, 0.6) is 0 Å². The topological polar surface area (TPSA) is 68.3 Å². The van der Waals surface area contributed by atoms with Gasteiger partial charge in [0.1, 0.15) is 0 Å². The maximum Gasteiger partial charge on any atom is 0.306 e. The second kappa shape index (κ2) is 8.69. The van der Waals surface area contributed by atoms with Crippen LogP contribution in [-0.4, -0.2) is 23.0 Å². The lowest BCUT2D eigenvalue weighted by Crippen LogP contribution is -2.30. The number of nitrogens with one attached hydrogen (secondary N) is 1. The van der Waals surface area contributed by atoms with E-state index in [1.54, 1.807) is 29.5 Å². The Morgan fingerprint density at radius 3 is 2.59 bits per heavy atom. The van der Waals surface area contributed by atoms with Crippen molar-refractivity contribution in [1.29, 1.82) is 0 Å². The number of fused-ring (bicyclic) bond motifs is 1. The third-order valence-electron chi connectivity index (χ3n) is 3.69. The third kappa shape index (κ3) is 5.42. The summed E-state index contributed by atoms with van der Waals surface area (Å²) in [6.07, 6.45) is -0.317. The van der Waals surface area contributed by atoms with Gasteiger partial charge in [0.25, 0.3) is 5.91 Å². The van der Waals surface area contributed by atoms with Gasteiger partial charge >= 0.3 is 5.97 Å². The van der Waals surface area contributed by atoms with Crippen molar-refractivity contribution in [2.45, 2.75) is 25.9 Å². The number of rotatable bonds is 6. The van der Waals surface area contributed by atoms with Crippen LogP contribution >= 0.6 is 34.5 Å². The molecular formula is C19H16Cl2N2O3S. The largest absolute Gasteiger partial charge is 0.453 e. The first-order valence-corrected chi connectivity index (χ1v) is 9.79. The monoisotopic (exact) mass is 422 g/mol. The number of aromatic nitrogens is 1. The van der Waals surface area contributed by atoms with E-state index in [4.69, 9.17) is 27.9 Å². The van der Waals surface area contributed by atoms with E-state index in [0.29, 0.717) is 22.2 Å². The van der Waals surface area contributed by atoms with E-state index in [1.165, 1.54) is 6.92 Å². The number of hydrogen-bond acceptors (Lipinski definition) is 5. The Morgan fingerprint density at radius 1 is 1.19 bits per heavy atom. The number of carbonyl (C=O) groups excluding carboxylic acids is 2. The minimum absolute atomic E-state index is 0.153.